The van der Waals surface area contributed by atoms with E-state index in [-0.39, 0.29) is 16.9 Å². The van der Waals surface area contributed by atoms with Gasteiger partial charge in [-0.3, -0.25) is 4.79 Å². The molecule has 1 heterocycles. The highest BCUT2D eigenvalue weighted by Crippen LogP contribution is 2.26. The first-order valence-corrected chi connectivity index (χ1v) is 8.53. The van der Waals surface area contributed by atoms with E-state index in [1.165, 1.54) is 31.2 Å². The van der Waals surface area contributed by atoms with Crippen LogP contribution < -0.4 is 10.1 Å². The van der Waals surface area contributed by atoms with Gasteiger partial charge in [0.15, 0.2) is 16.7 Å². The van der Waals surface area contributed by atoms with Crippen molar-refractivity contribution in [3.05, 3.63) is 59.7 Å². The zero-order chi connectivity index (χ0) is 17.6. The fourth-order valence-corrected chi connectivity index (χ4v) is 3.30. The van der Waals surface area contributed by atoms with Crippen LogP contribution in [0.15, 0.2) is 58.7 Å². The van der Waals surface area contributed by atoms with Crippen LogP contribution in [-0.4, -0.2) is 34.8 Å². The van der Waals surface area contributed by atoms with Crippen LogP contribution in [0.2, 0.25) is 0 Å². The van der Waals surface area contributed by atoms with Crippen LogP contribution in [0, 0.1) is 0 Å². The molecule has 3 rings (SSSR count). The van der Waals surface area contributed by atoms with Crippen LogP contribution in [-0.2, 0) is 11.2 Å². The number of aromatic hydroxyl groups is 1. The number of carbonyl (C=O) groups excluding carboxylic acids is 1. The molecule has 1 amide bonds. The quantitative estimate of drug-likeness (QED) is 0.638. The third-order valence-electron chi connectivity index (χ3n) is 3.60. The number of phenols is 1. The van der Waals surface area contributed by atoms with Crippen molar-refractivity contribution >= 4 is 29.1 Å². The second-order valence-electron chi connectivity index (χ2n) is 5.37. The van der Waals surface area contributed by atoms with Gasteiger partial charge in [-0.25, -0.2) is 0 Å². The second-order valence-corrected chi connectivity index (χ2v) is 6.56. The molecule has 1 saturated heterocycles. The maximum Gasteiger partial charge on any atom is 0.239 e. The standard InChI is InChI=1S/C18H17N3O3S/c1-24-15-9-13(7-8-14(15)22)11-19-21-18-20-17(23)16(25-18)10-12-5-3-2-4-6-12/h2-9,11,16,22H,10H2,1H3,(H,20,21,23)/b19-11+/t16-/m0/s1. The van der Waals surface area contributed by atoms with Crippen LogP contribution >= 0.6 is 11.8 Å². The lowest BCUT2D eigenvalue weighted by Gasteiger charge is -2.04. The van der Waals surface area contributed by atoms with Gasteiger partial charge in [0.05, 0.1) is 18.6 Å². The molecule has 0 aliphatic carbocycles. The van der Waals surface area contributed by atoms with Gasteiger partial charge in [0, 0.05) is 0 Å². The van der Waals surface area contributed by atoms with Gasteiger partial charge in [-0.05, 0) is 35.7 Å². The zero-order valence-electron chi connectivity index (χ0n) is 13.5. The molecule has 0 radical (unpaired) electrons. The molecular formula is C18H17N3O3S. The number of methoxy groups -OCH3 is 1. The summed E-state index contributed by atoms with van der Waals surface area (Å²) in [7, 11) is 1.48. The van der Waals surface area contributed by atoms with Crippen molar-refractivity contribution < 1.29 is 14.6 Å². The van der Waals surface area contributed by atoms with Crippen molar-refractivity contribution in [1.29, 1.82) is 0 Å². The summed E-state index contributed by atoms with van der Waals surface area (Å²) < 4.78 is 5.04. The summed E-state index contributed by atoms with van der Waals surface area (Å²) in [5.74, 6) is 0.366. The maximum absolute atomic E-state index is 12.0. The molecule has 1 fully saturated rings. The molecule has 0 aromatic heterocycles. The highest BCUT2D eigenvalue weighted by Gasteiger charge is 2.30. The fourth-order valence-electron chi connectivity index (χ4n) is 2.34. The minimum absolute atomic E-state index is 0.0610. The minimum atomic E-state index is -0.204. The van der Waals surface area contributed by atoms with Crippen molar-refractivity contribution in [3.8, 4) is 11.5 Å². The number of amides is 1. The number of ether oxygens (including phenoxy) is 1. The van der Waals surface area contributed by atoms with E-state index >= 15 is 0 Å². The third-order valence-corrected chi connectivity index (χ3v) is 4.67. The Hall–Kier alpha value is -2.80. The Morgan fingerprint density at radius 3 is 2.84 bits per heavy atom. The summed E-state index contributed by atoms with van der Waals surface area (Å²) >= 11 is 1.37. The first-order chi connectivity index (χ1) is 12.2. The monoisotopic (exact) mass is 355 g/mol. The van der Waals surface area contributed by atoms with Gasteiger partial charge in [0.25, 0.3) is 0 Å². The van der Waals surface area contributed by atoms with Crippen LogP contribution in [0.25, 0.3) is 0 Å². The number of nitrogens with one attached hydrogen (secondary N) is 1. The molecule has 25 heavy (non-hydrogen) atoms. The van der Waals surface area contributed by atoms with Crippen molar-refractivity contribution in [2.45, 2.75) is 11.7 Å². The number of hydrogen-bond acceptors (Lipinski definition) is 6. The topological polar surface area (TPSA) is 83.3 Å². The smallest absolute Gasteiger partial charge is 0.239 e. The van der Waals surface area contributed by atoms with E-state index in [4.69, 9.17) is 4.74 Å². The number of carbonyl (C=O) groups is 1. The minimum Gasteiger partial charge on any atom is -0.504 e. The van der Waals surface area contributed by atoms with Gasteiger partial charge < -0.3 is 15.2 Å². The summed E-state index contributed by atoms with van der Waals surface area (Å²) in [4.78, 5) is 12.0. The predicted octanol–water partition coefficient (Wildman–Crippen LogP) is 2.57. The lowest BCUT2D eigenvalue weighted by atomic mass is 10.1. The lowest BCUT2D eigenvalue weighted by Crippen LogP contribution is -2.25. The Morgan fingerprint density at radius 1 is 1.28 bits per heavy atom. The molecule has 7 heteroatoms. The van der Waals surface area contributed by atoms with E-state index in [0.717, 1.165) is 11.1 Å². The number of phenolic OH excluding ortho intramolecular Hbond substituents is 1. The van der Waals surface area contributed by atoms with Crippen molar-refractivity contribution in [2.75, 3.05) is 7.11 Å². The molecule has 128 valence electrons. The van der Waals surface area contributed by atoms with Crippen molar-refractivity contribution in [2.24, 2.45) is 10.2 Å². The first kappa shape index (κ1) is 17.0. The van der Waals surface area contributed by atoms with E-state index in [1.54, 1.807) is 12.1 Å². The highest BCUT2D eigenvalue weighted by atomic mass is 32.2. The van der Waals surface area contributed by atoms with Crippen molar-refractivity contribution in [3.63, 3.8) is 0 Å². The number of benzene rings is 2. The molecule has 2 aromatic rings. The summed E-state index contributed by atoms with van der Waals surface area (Å²) in [5, 5.41) is 20.6. The largest absolute Gasteiger partial charge is 0.504 e. The van der Waals surface area contributed by atoms with Gasteiger partial charge in [0.1, 0.15) is 0 Å². The SMILES string of the molecule is COc1cc(/C=N/N=C2\NC(=O)[C@H](Cc3ccccc3)S2)ccc1O. The van der Waals surface area contributed by atoms with Crippen LogP contribution in [0.1, 0.15) is 11.1 Å². The van der Waals surface area contributed by atoms with Gasteiger partial charge >= 0.3 is 0 Å². The van der Waals surface area contributed by atoms with Gasteiger partial charge in [0.2, 0.25) is 5.91 Å². The summed E-state index contributed by atoms with van der Waals surface area (Å²) in [5.41, 5.74) is 1.84. The summed E-state index contributed by atoms with van der Waals surface area (Å²) in [6.07, 6.45) is 2.18. The number of amidine groups is 1. The molecule has 0 spiro atoms. The number of thioether (sulfide) groups is 1. The average molecular weight is 355 g/mol. The van der Waals surface area contributed by atoms with E-state index in [1.807, 2.05) is 30.3 Å². The number of nitrogens with zero attached hydrogens (tertiary/aromatic N) is 2. The molecular weight excluding hydrogens is 338 g/mol. The Labute approximate surface area is 149 Å². The normalized spacial score (nSPS) is 18.7. The predicted molar refractivity (Wildman–Crippen MR) is 99.4 cm³/mol. The maximum atomic E-state index is 12.0. The second kappa shape index (κ2) is 7.85. The molecule has 0 unspecified atom stereocenters. The fraction of sp³-hybridized carbons (Fsp3) is 0.167. The Kier molecular flexibility index (Phi) is 5.35. The molecule has 1 aliphatic rings. The van der Waals surface area contributed by atoms with Crippen LogP contribution in [0.5, 0.6) is 11.5 Å². The summed E-state index contributed by atoms with van der Waals surface area (Å²) in [6, 6.07) is 14.7. The first-order valence-electron chi connectivity index (χ1n) is 7.65. The highest BCUT2D eigenvalue weighted by molar-refractivity contribution is 8.15. The van der Waals surface area contributed by atoms with Crippen LogP contribution in [0.4, 0.5) is 0 Å². The van der Waals surface area contributed by atoms with E-state index in [2.05, 4.69) is 15.5 Å². The molecule has 2 N–H and O–H groups in total. The molecule has 0 saturated carbocycles. The van der Waals surface area contributed by atoms with E-state index in [9.17, 15) is 9.90 Å². The molecule has 1 aliphatic heterocycles. The Bertz CT molecular complexity index is 822. The zero-order valence-corrected chi connectivity index (χ0v) is 14.4. The van der Waals surface area contributed by atoms with E-state index in [0.29, 0.717) is 17.3 Å². The van der Waals surface area contributed by atoms with E-state index < -0.39 is 0 Å². The Morgan fingerprint density at radius 2 is 2.08 bits per heavy atom. The van der Waals surface area contributed by atoms with Crippen LogP contribution in [0.3, 0.4) is 0 Å². The molecule has 6 nitrogen and oxygen atoms in total. The third kappa shape index (κ3) is 4.39. The molecule has 0 bridgehead atoms. The number of hydrogen-bond donors (Lipinski definition) is 2. The molecule has 2 aromatic carbocycles. The lowest BCUT2D eigenvalue weighted by molar-refractivity contribution is -0.118. The van der Waals surface area contributed by atoms with Gasteiger partial charge in [-0.15, -0.1) is 5.10 Å². The van der Waals surface area contributed by atoms with Crippen molar-refractivity contribution in [1.82, 2.24) is 5.32 Å². The van der Waals surface area contributed by atoms with Gasteiger partial charge in [-0.1, -0.05) is 42.1 Å². The molecule has 1 atom stereocenters. The summed E-state index contributed by atoms with van der Waals surface area (Å²) in [6.45, 7) is 0. The number of rotatable bonds is 5. The average Bonchev–Trinajstić information content (AvgIpc) is 2.97. The van der Waals surface area contributed by atoms with Gasteiger partial charge in [-0.2, -0.15) is 5.10 Å². The Balaban J connectivity index is 1.64.